The minimum atomic E-state index is -1.02. The summed E-state index contributed by atoms with van der Waals surface area (Å²) in [6.07, 6.45) is 1.06. The Bertz CT molecular complexity index is 756. The fourth-order valence-corrected chi connectivity index (χ4v) is 3.12. The molecule has 1 aromatic carbocycles. The summed E-state index contributed by atoms with van der Waals surface area (Å²) in [5, 5.41) is 9.58. The molecule has 0 unspecified atom stereocenters. The first kappa shape index (κ1) is 22.5. The molecule has 0 spiro atoms. The van der Waals surface area contributed by atoms with E-state index in [4.69, 9.17) is 9.47 Å². The van der Waals surface area contributed by atoms with E-state index < -0.39 is 41.6 Å². The molecule has 2 amide bonds. The summed E-state index contributed by atoms with van der Waals surface area (Å²) in [6, 6.07) is 7.83. The van der Waals surface area contributed by atoms with Gasteiger partial charge in [0.05, 0.1) is 19.8 Å². The monoisotopic (exact) mass is 404 g/mol. The molecule has 8 heteroatoms. The molecule has 1 heterocycles. The molecular weight excluding hydrogens is 376 g/mol. The Balaban J connectivity index is 2.12. The summed E-state index contributed by atoms with van der Waals surface area (Å²) < 4.78 is 10.0. The number of esters is 1. The number of ether oxygens (including phenoxy) is 2. The van der Waals surface area contributed by atoms with Crippen molar-refractivity contribution in [3.63, 3.8) is 0 Å². The Kier molecular flexibility index (Phi) is 7.50. The number of hydrogen-bond acceptors (Lipinski definition) is 7. The Morgan fingerprint density at radius 1 is 1.31 bits per heavy atom. The van der Waals surface area contributed by atoms with Crippen LogP contribution in [0.25, 0.3) is 0 Å². The first-order chi connectivity index (χ1) is 13.7. The first-order valence-corrected chi connectivity index (χ1v) is 9.49. The van der Waals surface area contributed by atoms with Gasteiger partial charge in [-0.15, -0.1) is 0 Å². The molecule has 1 aliphatic rings. The maximum absolute atomic E-state index is 12.8. The number of likely N-dealkylation sites (tertiary alicyclic amines) is 1. The van der Waals surface area contributed by atoms with Crippen molar-refractivity contribution in [2.75, 3.05) is 13.7 Å². The van der Waals surface area contributed by atoms with E-state index in [9.17, 15) is 19.5 Å². The molecule has 158 valence electrons. The van der Waals surface area contributed by atoms with E-state index in [0.29, 0.717) is 0 Å². The zero-order valence-electron chi connectivity index (χ0n) is 17.2. The third kappa shape index (κ3) is 5.87. The van der Waals surface area contributed by atoms with E-state index in [0.717, 1.165) is 10.5 Å². The van der Waals surface area contributed by atoms with E-state index in [1.54, 1.807) is 27.0 Å². The van der Waals surface area contributed by atoms with Gasteiger partial charge in [-0.05, 0) is 39.2 Å². The highest BCUT2D eigenvalue weighted by Gasteiger charge is 2.48. The number of carbonyl (C=O) groups is 3. The first-order valence-electron chi connectivity index (χ1n) is 9.49. The molecule has 1 saturated heterocycles. The third-order valence-corrected chi connectivity index (χ3v) is 4.50. The fraction of sp³-hybridized carbons (Fsp3) is 0.524. The largest absolute Gasteiger partial charge is 0.467 e. The molecule has 1 N–H and O–H groups in total. The highest BCUT2D eigenvalue weighted by atomic mass is 16.6. The van der Waals surface area contributed by atoms with E-state index >= 15 is 0 Å². The lowest BCUT2D eigenvalue weighted by Crippen LogP contribution is -2.46. The van der Waals surface area contributed by atoms with Crippen LogP contribution in [0.4, 0.5) is 4.79 Å². The number of methoxy groups -OCH3 is 1. The molecule has 0 saturated carbocycles. The molecule has 1 fully saturated rings. The van der Waals surface area contributed by atoms with Gasteiger partial charge in [0, 0.05) is 12.1 Å². The zero-order valence-corrected chi connectivity index (χ0v) is 17.2. The number of aliphatic imine (C=N–C) groups is 1. The molecular formula is C21H28N2O6. The smallest absolute Gasteiger partial charge is 0.417 e. The average molecular weight is 404 g/mol. The number of aliphatic hydroxyl groups is 1. The Labute approximate surface area is 170 Å². The van der Waals surface area contributed by atoms with Gasteiger partial charge in [-0.2, -0.15) is 0 Å². The SMILES string of the molecule is COC(=O)[C@@H]1C[C@@H](C/C=N/[C@@H](CO)c2ccccc2)C(=O)N1C(=O)OC(C)(C)C. The number of carbonyl (C=O) groups excluding carboxylic acids is 3. The van der Waals surface area contributed by atoms with Crippen LogP contribution in [0.2, 0.25) is 0 Å². The lowest BCUT2D eigenvalue weighted by molar-refractivity contribution is -0.148. The van der Waals surface area contributed by atoms with Gasteiger partial charge in [0.2, 0.25) is 5.91 Å². The van der Waals surface area contributed by atoms with Gasteiger partial charge in [-0.3, -0.25) is 9.79 Å². The van der Waals surface area contributed by atoms with Crippen molar-refractivity contribution in [3.05, 3.63) is 35.9 Å². The quantitative estimate of drug-likeness (QED) is 0.577. The summed E-state index contributed by atoms with van der Waals surface area (Å²) in [6.45, 7) is 4.87. The minimum Gasteiger partial charge on any atom is -0.467 e. The second-order valence-corrected chi connectivity index (χ2v) is 7.84. The highest BCUT2D eigenvalue weighted by molar-refractivity contribution is 6.01. The molecule has 0 bridgehead atoms. The number of amides is 2. The van der Waals surface area contributed by atoms with Gasteiger partial charge in [-0.1, -0.05) is 30.3 Å². The van der Waals surface area contributed by atoms with E-state index in [2.05, 4.69) is 4.99 Å². The van der Waals surface area contributed by atoms with Crippen LogP contribution in [-0.4, -0.2) is 59.6 Å². The van der Waals surface area contributed by atoms with E-state index in [-0.39, 0.29) is 19.4 Å². The predicted octanol–water partition coefficient (Wildman–Crippen LogP) is 2.51. The van der Waals surface area contributed by atoms with Crippen LogP contribution in [0.15, 0.2) is 35.3 Å². The van der Waals surface area contributed by atoms with Crippen LogP contribution >= 0.6 is 0 Å². The van der Waals surface area contributed by atoms with Crippen molar-refractivity contribution < 1.29 is 29.0 Å². The van der Waals surface area contributed by atoms with Crippen LogP contribution in [0, 0.1) is 5.92 Å². The lowest BCUT2D eigenvalue weighted by Gasteiger charge is -2.26. The van der Waals surface area contributed by atoms with Crippen LogP contribution < -0.4 is 0 Å². The number of rotatable bonds is 6. The fourth-order valence-electron chi connectivity index (χ4n) is 3.12. The molecule has 0 aliphatic carbocycles. The minimum absolute atomic E-state index is 0.131. The Morgan fingerprint density at radius 2 is 1.97 bits per heavy atom. The van der Waals surface area contributed by atoms with Crippen LogP contribution in [0.1, 0.15) is 45.2 Å². The molecule has 1 aromatic rings. The number of nitrogens with zero attached hydrogens (tertiary/aromatic N) is 2. The zero-order chi connectivity index (χ0) is 21.6. The van der Waals surface area contributed by atoms with Crippen molar-refractivity contribution >= 4 is 24.2 Å². The Hall–Kier alpha value is -2.74. The van der Waals surface area contributed by atoms with Gasteiger partial charge in [-0.25, -0.2) is 14.5 Å². The molecule has 2 rings (SSSR count). The maximum atomic E-state index is 12.8. The maximum Gasteiger partial charge on any atom is 0.417 e. The summed E-state index contributed by atoms with van der Waals surface area (Å²) in [4.78, 5) is 42.6. The number of benzene rings is 1. The summed E-state index contributed by atoms with van der Waals surface area (Å²) >= 11 is 0. The van der Waals surface area contributed by atoms with E-state index in [1.807, 2.05) is 30.3 Å². The summed E-state index contributed by atoms with van der Waals surface area (Å²) in [5.74, 6) is -1.77. The topological polar surface area (TPSA) is 106 Å². The number of hydrogen-bond donors (Lipinski definition) is 1. The van der Waals surface area contributed by atoms with Crippen molar-refractivity contribution in [1.29, 1.82) is 0 Å². The van der Waals surface area contributed by atoms with Gasteiger partial charge in [0.15, 0.2) is 0 Å². The molecule has 8 nitrogen and oxygen atoms in total. The van der Waals surface area contributed by atoms with Crippen LogP contribution in [0.5, 0.6) is 0 Å². The van der Waals surface area contributed by atoms with Gasteiger partial charge < -0.3 is 14.6 Å². The third-order valence-electron chi connectivity index (χ3n) is 4.50. The number of aliphatic hydroxyl groups excluding tert-OH is 1. The molecule has 0 radical (unpaired) electrons. The van der Waals surface area contributed by atoms with Crippen molar-refractivity contribution in [2.45, 2.75) is 51.3 Å². The van der Waals surface area contributed by atoms with Crippen molar-refractivity contribution in [1.82, 2.24) is 4.90 Å². The standard InChI is InChI=1S/C21H28N2O6/c1-21(2,3)29-20(27)23-17(19(26)28-4)12-15(18(23)25)10-11-22-16(13-24)14-8-6-5-7-9-14/h5-9,11,15-17,24H,10,12-13H2,1-4H3/b22-11+/t15-,16+,17+/m1/s1. The Morgan fingerprint density at radius 3 is 2.52 bits per heavy atom. The van der Waals surface area contributed by atoms with Crippen molar-refractivity contribution in [3.8, 4) is 0 Å². The normalized spacial score (nSPS) is 20.7. The molecule has 1 aliphatic heterocycles. The molecule has 0 aromatic heterocycles. The summed E-state index contributed by atoms with van der Waals surface area (Å²) in [5.41, 5.74) is 0.0496. The van der Waals surface area contributed by atoms with Crippen LogP contribution in [-0.2, 0) is 19.1 Å². The van der Waals surface area contributed by atoms with Crippen LogP contribution in [0.3, 0.4) is 0 Å². The average Bonchev–Trinajstić information content (AvgIpc) is 3.00. The molecule has 29 heavy (non-hydrogen) atoms. The van der Waals surface area contributed by atoms with Gasteiger partial charge in [0.25, 0.3) is 0 Å². The highest BCUT2D eigenvalue weighted by Crippen LogP contribution is 2.29. The van der Waals surface area contributed by atoms with Gasteiger partial charge in [0.1, 0.15) is 11.6 Å². The molecule has 3 atom stereocenters. The van der Waals surface area contributed by atoms with Crippen molar-refractivity contribution in [2.24, 2.45) is 10.9 Å². The lowest BCUT2D eigenvalue weighted by atomic mass is 10.0. The van der Waals surface area contributed by atoms with E-state index in [1.165, 1.54) is 7.11 Å². The second-order valence-electron chi connectivity index (χ2n) is 7.84. The predicted molar refractivity (Wildman–Crippen MR) is 106 cm³/mol. The summed E-state index contributed by atoms with van der Waals surface area (Å²) in [7, 11) is 1.21. The van der Waals surface area contributed by atoms with Gasteiger partial charge >= 0.3 is 12.1 Å². The second kappa shape index (κ2) is 9.65. The number of imide groups is 1.